The molecule has 1 unspecified atom stereocenters. The zero-order valence-electron chi connectivity index (χ0n) is 15.8. The van der Waals surface area contributed by atoms with E-state index in [1.165, 1.54) is 44.9 Å². The summed E-state index contributed by atoms with van der Waals surface area (Å²) in [5.74, 6) is -2.29. The van der Waals surface area contributed by atoms with Crippen LogP contribution in [0.25, 0.3) is 0 Å². The maximum Gasteiger partial charge on any atom is 0.305 e. The summed E-state index contributed by atoms with van der Waals surface area (Å²) in [6, 6.07) is 0. The van der Waals surface area contributed by atoms with Gasteiger partial charge in [-0.1, -0.05) is 64.7 Å². The number of aliphatic carboxylic acids is 1. The molecule has 0 aromatic carbocycles. The molecule has 0 fully saturated rings. The van der Waals surface area contributed by atoms with Crippen LogP contribution in [0.4, 0.5) is 0 Å². The zero-order chi connectivity index (χ0) is 19.8. The molecule has 0 aliphatic heterocycles. The highest BCUT2D eigenvalue weighted by molar-refractivity contribution is 7.87. The molecule has 7 nitrogen and oxygen atoms in total. The molecule has 2 N–H and O–H groups in total. The minimum atomic E-state index is -4.71. The van der Waals surface area contributed by atoms with Crippen LogP contribution < -0.4 is 0 Å². The summed E-state index contributed by atoms with van der Waals surface area (Å²) >= 11 is 0. The van der Waals surface area contributed by atoms with E-state index in [-0.39, 0.29) is 13.0 Å². The van der Waals surface area contributed by atoms with Crippen molar-refractivity contribution in [1.82, 2.24) is 0 Å². The Balaban J connectivity index is 3.64. The van der Waals surface area contributed by atoms with Crippen LogP contribution in [0.1, 0.15) is 84.0 Å². The molecule has 0 amide bonds. The molecule has 0 saturated heterocycles. The number of carbonyl (C=O) groups is 2. The fraction of sp³-hybridized carbons (Fsp3) is 0.889. The number of unbranched alkanes of at least 4 members (excludes halogenated alkanes) is 9. The smallest absolute Gasteiger partial charge is 0.305 e. The van der Waals surface area contributed by atoms with Crippen molar-refractivity contribution >= 4 is 21.9 Å². The van der Waals surface area contributed by atoms with Crippen LogP contribution in [0.5, 0.6) is 0 Å². The lowest BCUT2D eigenvalue weighted by atomic mass is 10.1. The lowest BCUT2D eigenvalue weighted by Crippen LogP contribution is -2.33. The number of carbonyl (C=O) groups excluding carboxylic acids is 1. The molecule has 0 aromatic heterocycles. The van der Waals surface area contributed by atoms with Gasteiger partial charge >= 0.3 is 5.97 Å². The number of hydrogen-bond donors (Lipinski definition) is 2. The number of hydrogen-bond acceptors (Lipinski definition) is 5. The highest BCUT2D eigenvalue weighted by atomic mass is 32.2. The first-order chi connectivity index (χ1) is 12.3. The van der Waals surface area contributed by atoms with Crippen LogP contribution in [-0.2, 0) is 24.4 Å². The quantitative estimate of drug-likeness (QED) is 0.269. The van der Waals surface area contributed by atoms with Crippen molar-refractivity contribution in [3.8, 4) is 0 Å². The van der Waals surface area contributed by atoms with Crippen LogP contribution >= 0.6 is 0 Å². The Labute approximate surface area is 157 Å². The minimum absolute atomic E-state index is 0.0297. The lowest BCUT2D eigenvalue weighted by molar-refractivity contribution is -0.138. The average Bonchev–Trinajstić information content (AvgIpc) is 2.55. The van der Waals surface area contributed by atoms with E-state index >= 15 is 0 Å². The van der Waals surface area contributed by atoms with Crippen molar-refractivity contribution in [3.05, 3.63) is 0 Å². The second kappa shape index (κ2) is 15.1. The van der Waals surface area contributed by atoms with Crippen molar-refractivity contribution in [2.75, 3.05) is 13.2 Å². The van der Waals surface area contributed by atoms with Gasteiger partial charge in [-0.15, -0.1) is 0 Å². The Morgan fingerprint density at radius 3 is 1.85 bits per heavy atom. The van der Waals surface area contributed by atoms with Crippen LogP contribution in [0.15, 0.2) is 0 Å². The molecule has 154 valence electrons. The van der Waals surface area contributed by atoms with Gasteiger partial charge in [-0.2, -0.15) is 8.42 Å². The third kappa shape index (κ3) is 14.2. The van der Waals surface area contributed by atoms with Crippen LogP contribution in [0, 0.1) is 0 Å². The summed E-state index contributed by atoms with van der Waals surface area (Å²) < 4.78 is 36.4. The van der Waals surface area contributed by atoms with Gasteiger partial charge in [0, 0.05) is 13.0 Å². The number of rotatable bonds is 18. The molecule has 8 heteroatoms. The van der Waals surface area contributed by atoms with Gasteiger partial charge in [-0.05, 0) is 6.42 Å². The second-order valence-corrected chi connectivity index (χ2v) is 8.21. The van der Waals surface area contributed by atoms with Gasteiger partial charge in [0.2, 0.25) is 0 Å². The van der Waals surface area contributed by atoms with E-state index in [4.69, 9.17) is 14.4 Å². The van der Waals surface area contributed by atoms with Gasteiger partial charge in [0.1, 0.15) is 0 Å². The molecule has 0 aromatic rings. The molecule has 0 spiro atoms. The number of ether oxygens (including phenoxy) is 1. The van der Waals surface area contributed by atoms with Crippen LogP contribution in [0.3, 0.4) is 0 Å². The Bertz CT molecular complexity index is 488. The van der Waals surface area contributed by atoms with Crippen molar-refractivity contribution in [3.63, 3.8) is 0 Å². The Morgan fingerprint density at radius 2 is 1.38 bits per heavy atom. The summed E-state index contributed by atoms with van der Waals surface area (Å²) in [4.78, 5) is 22.3. The van der Waals surface area contributed by atoms with Gasteiger partial charge in [-0.25, -0.2) is 0 Å². The predicted molar refractivity (Wildman–Crippen MR) is 99.9 cm³/mol. The summed E-state index contributed by atoms with van der Waals surface area (Å²) in [6.45, 7) is 2.72. The van der Waals surface area contributed by atoms with Crippen molar-refractivity contribution in [2.24, 2.45) is 0 Å². The van der Waals surface area contributed by atoms with Gasteiger partial charge < -0.3 is 9.84 Å². The van der Waals surface area contributed by atoms with Crippen molar-refractivity contribution in [2.45, 2.75) is 89.2 Å². The van der Waals surface area contributed by atoms with Gasteiger partial charge in [0.15, 0.2) is 11.0 Å². The zero-order valence-corrected chi connectivity index (χ0v) is 16.6. The molecule has 0 heterocycles. The van der Waals surface area contributed by atoms with E-state index in [0.717, 1.165) is 19.3 Å². The fourth-order valence-electron chi connectivity index (χ4n) is 2.67. The Morgan fingerprint density at radius 1 is 0.885 bits per heavy atom. The van der Waals surface area contributed by atoms with E-state index in [1.807, 2.05) is 0 Å². The maximum atomic E-state index is 11.7. The summed E-state index contributed by atoms with van der Waals surface area (Å²) in [5.41, 5.74) is 0. The molecule has 0 rings (SSSR count). The first-order valence-corrected chi connectivity index (χ1v) is 11.1. The highest BCUT2D eigenvalue weighted by Crippen LogP contribution is 2.11. The standard InChI is InChI=1S/C18H34O7S/c1-2-3-4-5-6-7-8-9-10-11-13-25-14-12-16(19)17(15-18(20)21)26(22,23)24/h17H,2-15H2,1H3,(H,20,21)(H,22,23,24). The van der Waals surface area contributed by atoms with Gasteiger partial charge in [0.05, 0.1) is 13.0 Å². The Hall–Kier alpha value is -0.990. The monoisotopic (exact) mass is 394 g/mol. The summed E-state index contributed by atoms with van der Waals surface area (Å²) in [7, 11) is -4.71. The van der Waals surface area contributed by atoms with E-state index in [0.29, 0.717) is 6.61 Å². The third-order valence-corrected chi connectivity index (χ3v) is 5.36. The molecule has 0 saturated carbocycles. The highest BCUT2D eigenvalue weighted by Gasteiger charge is 2.32. The molecule has 1 atom stereocenters. The Kier molecular flexibility index (Phi) is 14.5. The molecule has 26 heavy (non-hydrogen) atoms. The predicted octanol–water partition coefficient (Wildman–Crippen LogP) is 3.61. The third-order valence-electron chi connectivity index (χ3n) is 4.21. The van der Waals surface area contributed by atoms with Crippen LogP contribution in [0.2, 0.25) is 0 Å². The van der Waals surface area contributed by atoms with Crippen molar-refractivity contribution in [1.29, 1.82) is 0 Å². The van der Waals surface area contributed by atoms with E-state index in [2.05, 4.69) is 6.92 Å². The number of carboxylic acid groups (broad SMARTS) is 1. The van der Waals surface area contributed by atoms with Gasteiger partial charge in [-0.3, -0.25) is 14.1 Å². The molecular weight excluding hydrogens is 360 g/mol. The lowest BCUT2D eigenvalue weighted by Gasteiger charge is -2.10. The summed E-state index contributed by atoms with van der Waals surface area (Å²) in [6.07, 6.45) is 10.9. The van der Waals surface area contributed by atoms with Gasteiger partial charge in [0.25, 0.3) is 10.1 Å². The molecule has 0 aliphatic rings. The molecule has 0 aliphatic carbocycles. The minimum Gasteiger partial charge on any atom is -0.481 e. The summed E-state index contributed by atoms with van der Waals surface area (Å²) in [5, 5.41) is 6.71. The van der Waals surface area contributed by atoms with E-state index in [1.54, 1.807) is 0 Å². The second-order valence-electron chi connectivity index (χ2n) is 6.61. The topological polar surface area (TPSA) is 118 Å². The van der Waals surface area contributed by atoms with E-state index < -0.39 is 33.5 Å². The fourth-order valence-corrected chi connectivity index (χ4v) is 3.47. The number of Topliss-reactive ketones (excluding diaryl/α,β-unsaturated/α-hetero) is 1. The number of ketones is 1. The average molecular weight is 395 g/mol. The van der Waals surface area contributed by atoms with Crippen LogP contribution in [-0.4, -0.2) is 48.3 Å². The van der Waals surface area contributed by atoms with Crippen molar-refractivity contribution < 1.29 is 32.4 Å². The van der Waals surface area contributed by atoms with E-state index in [9.17, 15) is 18.0 Å². The SMILES string of the molecule is CCCCCCCCCCCCOCCC(=O)C(CC(=O)O)S(=O)(=O)O. The maximum absolute atomic E-state index is 11.7. The largest absolute Gasteiger partial charge is 0.481 e. The number of carboxylic acids is 1. The normalized spacial score (nSPS) is 12.8. The first-order valence-electron chi connectivity index (χ1n) is 9.57. The molecule has 0 radical (unpaired) electrons. The molecular formula is C18H34O7S. The molecule has 0 bridgehead atoms. The first kappa shape index (κ1) is 25.0.